The largest absolute Gasteiger partial charge is 0.243 e. The van der Waals surface area contributed by atoms with Crippen LogP contribution in [0, 0.1) is 17.1 Å². The van der Waals surface area contributed by atoms with Crippen molar-refractivity contribution in [2.24, 2.45) is 0 Å². The third kappa shape index (κ3) is 4.76. The molecule has 0 spiro atoms. The molecule has 0 aliphatic heterocycles. The molecule has 3 rings (SSSR count). The molecule has 3 aromatic rings. The number of rotatable bonds is 6. The van der Waals surface area contributed by atoms with Gasteiger partial charge in [0.25, 0.3) is 0 Å². The van der Waals surface area contributed by atoms with Gasteiger partial charge in [-0.2, -0.15) is 9.57 Å². The van der Waals surface area contributed by atoms with Crippen LogP contribution in [0.15, 0.2) is 77.7 Å². The van der Waals surface area contributed by atoms with Crippen molar-refractivity contribution in [3.05, 3.63) is 100 Å². The Kier molecular flexibility index (Phi) is 6.10. The fraction of sp³-hybridized carbons (Fsp3) is 0.0952. The van der Waals surface area contributed by atoms with E-state index in [0.717, 1.165) is 5.56 Å². The number of hydrogen-bond donors (Lipinski definition) is 0. The van der Waals surface area contributed by atoms with Crippen molar-refractivity contribution in [2.75, 3.05) is 0 Å². The van der Waals surface area contributed by atoms with Gasteiger partial charge in [-0.05, 0) is 59.7 Å². The van der Waals surface area contributed by atoms with Gasteiger partial charge in [0.1, 0.15) is 5.82 Å². The number of benzene rings is 3. The zero-order valence-corrected chi connectivity index (χ0v) is 16.3. The van der Waals surface area contributed by atoms with Crippen LogP contribution in [-0.4, -0.2) is 12.7 Å². The molecule has 7 heteroatoms. The summed E-state index contributed by atoms with van der Waals surface area (Å²) in [5.41, 5.74) is 1.89. The molecule has 0 saturated heterocycles. The lowest BCUT2D eigenvalue weighted by molar-refractivity contribution is 0.401. The van der Waals surface area contributed by atoms with Gasteiger partial charge in [0.2, 0.25) is 10.0 Å². The molecule has 0 atom stereocenters. The Hall–Kier alpha value is -2.72. The van der Waals surface area contributed by atoms with E-state index in [1.807, 2.05) is 6.07 Å². The van der Waals surface area contributed by atoms with Crippen LogP contribution in [0.25, 0.3) is 0 Å². The fourth-order valence-corrected chi connectivity index (χ4v) is 4.21. The molecule has 0 bridgehead atoms. The summed E-state index contributed by atoms with van der Waals surface area (Å²) in [4.78, 5) is 0.118. The third-order valence-corrected chi connectivity index (χ3v) is 6.22. The Morgan fingerprint density at radius 2 is 1.36 bits per heavy atom. The van der Waals surface area contributed by atoms with Crippen molar-refractivity contribution in [2.45, 2.75) is 18.0 Å². The van der Waals surface area contributed by atoms with Gasteiger partial charge in [-0.25, -0.2) is 12.8 Å². The molecule has 0 N–H and O–H groups in total. The first kappa shape index (κ1) is 20.0. The number of hydrogen-bond acceptors (Lipinski definition) is 3. The maximum Gasteiger partial charge on any atom is 0.243 e. The molecule has 0 saturated carbocycles. The highest BCUT2D eigenvalue weighted by atomic mass is 35.5. The molecule has 0 unspecified atom stereocenters. The zero-order chi connectivity index (χ0) is 20.1. The molecule has 0 fully saturated rings. The summed E-state index contributed by atoms with van der Waals surface area (Å²) in [5, 5.41) is 9.37. The first-order valence-corrected chi connectivity index (χ1v) is 10.2. The summed E-state index contributed by atoms with van der Waals surface area (Å²) in [7, 11) is -3.82. The molecule has 142 valence electrons. The normalized spacial score (nSPS) is 11.4. The van der Waals surface area contributed by atoms with Gasteiger partial charge in [0.15, 0.2) is 0 Å². The maximum atomic E-state index is 13.2. The summed E-state index contributed by atoms with van der Waals surface area (Å²) >= 11 is 5.87. The summed E-state index contributed by atoms with van der Waals surface area (Å²) in [6, 6.07) is 20.4. The molecule has 0 radical (unpaired) electrons. The molecular formula is C21H16ClFN2O2S. The molecule has 0 heterocycles. The van der Waals surface area contributed by atoms with E-state index in [0.29, 0.717) is 16.1 Å². The predicted molar refractivity (Wildman–Crippen MR) is 105 cm³/mol. The smallest absolute Gasteiger partial charge is 0.207 e. The van der Waals surface area contributed by atoms with Crippen LogP contribution >= 0.6 is 11.6 Å². The van der Waals surface area contributed by atoms with E-state index in [4.69, 9.17) is 16.9 Å². The van der Waals surface area contributed by atoms with Gasteiger partial charge in [-0.1, -0.05) is 35.9 Å². The van der Waals surface area contributed by atoms with Crippen LogP contribution in [0.4, 0.5) is 4.39 Å². The average molecular weight is 415 g/mol. The molecule has 0 aliphatic carbocycles. The Balaban J connectivity index is 1.95. The maximum absolute atomic E-state index is 13.2. The van der Waals surface area contributed by atoms with Crippen LogP contribution in [0.3, 0.4) is 0 Å². The van der Waals surface area contributed by atoms with E-state index in [2.05, 4.69) is 0 Å². The molecule has 0 amide bonds. The lowest BCUT2D eigenvalue weighted by Gasteiger charge is -2.23. The van der Waals surface area contributed by atoms with E-state index in [1.54, 1.807) is 36.4 Å². The standard InChI is InChI=1S/C21H16ClFN2O2S/c22-19-7-11-21(12-8-19)28(26,27)25(15-18-5-9-20(23)10-6-18)14-17-3-1-16(13-24)2-4-17/h1-12H,14-15H2. The van der Waals surface area contributed by atoms with E-state index >= 15 is 0 Å². The third-order valence-electron chi connectivity index (χ3n) is 4.17. The molecule has 4 nitrogen and oxygen atoms in total. The molecule has 0 aliphatic rings. The van der Waals surface area contributed by atoms with Crippen molar-refractivity contribution in [3.63, 3.8) is 0 Å². The van der Waals surface area contributed by atoms with Gasteiger partial charge in [0.05, 0.1) is 16.5 Å². The first-order chi connectivity index (χ1) is 13.4. The minimum Gasteiger partial charge on any atom is -0.207 e. The quantitative estimate of drug-likeness (QED) is 0.585. The summed E-state index contributed by atoms with van der Waals surface area (Å²) < 4.78 is 40.9. The lowest BCUT2D eigenvalue weighted by Crippen LogP contribution is -2.30. The first-order valence-electron chi connectivity index (χ1n) is 8.38. The molecule has 0 aromatic heterocycles. The predicted octanol–water partition coefficient (Wildman–Crippen LogP) is 4.74. The Morgan fingerprint density at radius 1 is 0.857 bits per heavy atom. The van der Waals surface area contributed by atoms with Crippen molar-refractivity contribution in [1.82, 2.24) is 4.31 Å². The summed E-state index contributed by atoms with van der Waals surface area (Å²) in [5.74, 6) is -0.386. The number of halogens is 2. The van der Waals surface area contributed by atoms with Crippen LogP contribution in [0.5, 0.6) is 0 Å². The molecular weight excluding hydrogens is 399 g/mol. The minimum atomic E-state index is -3.82. The van der Waals surface area contributed by atoms with Crippen molar-refractivity contribution in [1.29, 1.82) is 5.26 Å². The molecule has 3 aromatic carbocycles. The lowest BCUT2D eigenvalue weighted by atomic mass is 10.1. The van der Waals surface area contributed by atoms with Gasteiger partial charge >= 0.3 is 0 Å². The second-order valence-electron chi connectivity index (χ2n) is 6.16. The highest BCUT2D eigenvalue weighted by Crippen LogP contribution is 2.23. The SMILES string of the molecule is N#Cc1ccc(CN(Cc2ccc(F)cc2)S(=O)(=O)c2ccc(Cl)cc2)cc1. The fourth-order valence-electron chi connectivity index (χ4n) is 2.66. The Bertz CT molecular complexity index is 1090. The van der Waals surface area contributed by atoms with E-state index in [-0.39, 0.29) is 23.8 Å². The van der Waals surface area contributed by atoms with Gasteiger partial charge in [-0.15, -0.1) is 0 Å². The molecule has 28 heavy (non-hydrogen) atoms. The van der Waals surface area contributed by atoms with Crippen molar-refractivity contribution >= 4 is 21.6 Å². The topological polar surface area (TPSA) is 61.2 Å². The monoisotopic (exact) mass is 414 g/mol. The second kappa shape index (κ2) is 8.53. The number of sulfonamides is 1. The van der Waals surface area contributed by atoms with Gasteiger partial charge < -0.3 is 0 Å². The zero-order valence-electron chi connectivity index (χ0n) is 14.7. The average Bonchev–Trinajstić information content (AvgIpc) is 2.70. The minimum absolute atomic E-state index is 0.0746. The van der Waals surface area contributed by atoms with Crippen molar-refractivity contribution < 1.29 is 12.8 Å². The number of nitriles is 1. The van der Waals surface area contributed by atoms with Crippen LogP contribution in [0.1, 0.15) is 16.7 Å². The highest BCUT2D eigenvalue weighted by molar-refractivity contribution is 7.89. The second-order valence-corrected chi connectivity index (χ2v) is 8.54. The van der Waals surface area contributed by atoms with Gasteiger partial charge in [-0.3, -0.25) is 0 Å². The summed E-state index contributed by atoms with van der Waals surface area (Å²) in [6.45, 7) is 0.180. The number of nitrogens with zero attached hydrogens (tertiary/aromatic N) is 2. The van der Waals surface area contributed by atoms with Crippen LogP contribution in [0.2, 0.25) is 5.02 Å². The Labute approximate surface area is 168 Å². The Morgan fingerprint density at radius 3 is 1.86 bits per heavy atom. The van der Waals surface area contributed by atoms with Crippen LogP contribution < -0.4 is 0 Å². The van der Waals surface area contributed by atoms with Crippen LogP contribution in [-0.2, 0) is 23.1 Å². The summed E-state index contributed by atoms with van der Waals surface area (Å²) in [6.07, 6.45) is 0. The van der Waals surface area contributed by atoms with Gasteiger partial charge in [0, 0.05) is 18.1 Å². The van der Waals surface area contributed by atoms with E-state index in [1.165, 1.54) is 40.7 Å². The van der Waals surface area contributed by atoms with Crippen molar-refractivity contribution in [3.8, 4) is 6.07 Å². The van der Waals surface area contributed by atoms with E-state index in [9.17, 15) is 12.8 Å². The van der Waals surface area contributed by atoms with E-state index < -0.39 is 10.0 Å². The highest BCUT2D eigenvalue weighted by Gasteiger charge is 2.25.